The van der Waals surface area contributed by atoms with Crippen LogP contribution in [-0.2, 0) is 11.3 Å². The fourth-order valence-electron chi connectivity index (χ4n) is 2.31. The summed E-state index contributed by atoms with van der Waals surface area (Å²) < 4.78 is 18.5. The molecule has 3 aromatic rings. The molecule has 0 spiro atoms. The van der Waals surface area contributed by atoms with Crippen LogP contribution in [0.4, 0.5) is 4.39 Å². The number of rotatable bonds is 8. The van der Waals surface area contributed by atoms with Gasteiger partial charge in [-0.1, -0.05) is 18.2 Å². The molecule has 0 aliphatic heterocycles. The number of hydrogen-bond acceptors (Lipinski definition) is 4. The summed E-state index contributed by atoms with van der Waals surface area (Å²) in [6.07, 6.45) is 2.06. The first-order chi connectivity index (χ1) is 13.2. The van der Waals surface area contributed by atoms with E-state index in [2.05, 4.69) is 10.3 Å². The number of hydrogen-bond donors (Lipinski definition) is 1. The van der Waals surface area contributed by atoms with Gasteiger partial charge in [0.1, 0.15) is 11.6 Å². The number of ether oxygens (including phenoxy) is 1. The van der Waals surface area contributed by atoms with E-state index in [0.29, 0.717) is 24.6 Å². The van der Waals surface area contributed by atoms with Gasteiger partial charge in [0, 0.05) is 35.9 Å². The average Bonchev–Trinajstić information content (AvgIpc) is 2.69. The number of nitrogens with one attached hydrogen (secondary N) is 1. The summed E-state index contributed by atoms with van der Waals surface area (Å²) in [5.41, 5.74) is 0.881. The Morgan fingerprint density at radius 2 is 1.85 bits per heavy atom. The number of carbonyl (C=O) groups excluding carboxylic acids is 1. The van der Waals surface area contributed by atoms with Gasteiger partial charge in [-0.2, -0.15) is 0 Å². The van der Waals surface area contributed by atoms with Crippen LogP contribution in [0.15, 0.2) is 77.8 Å². The van der Waals surface area contributed by atoms with E-state index in [1.165, 1.54) is 24.3 Å². The van der Waals surface area contributed by atoms with Crippen molar-refractivity contribution in [2.45, 2.75) is 17.9 Å². The van der Waals surface area contributed by atoms with Crippen molar-refractivity contribution in [2.24, 2.45) is 0 Å². The Morgan fingerprint density at radius 3 is 2.63 bits per heavy atom. The molecule has 1 N–H and O–H groups in total. The van der Waals surface area contributed by atoms with Gasteiger partial charge in [-0.3, -0.25) is 4.79 Å². The smallest absolute Gasteiger partial charge is 0.221 e. The van der Waals surface area contributed by atoms with Crippen molar-refractivity contribution in [3.8, 4) is 11.6 Å². The molecule has 1 heterocycles. The van der Waals surface area contributed by atoms with Crippen LogP contribution in [0.5, 0.6) is 11.6 Å². The Bertz CT molecular complexity index is 873. The molecule has 0 fully saturated rings. The van der Waals surface area contributed by atoms with Crippen molar-refractivity contribution in [3.63, 3.8) is 0 Å². The average molecular weight is 382 g/mol. The Kier molecular flexibility index (Phi) is 6.82. The van der Waals surface area contributed by atoms with Gasteiger partial charge in [-0.25, -0.2) is 9.37 Å². The summed E-state index contributed by atoms with van der Waals surface area (Å²) in [6.45, 7) is 0.400. The van der Waals surface area contributed by atoms with E-state index in [9.17, 15) is 9.18 Å². The molecule has 0 aliphatic rings. The number of benzene rings is 2. The minimum Gasteiger partial charge on any atom is -0.439 e. The van der Waals surface area contributed by atoms with Crippen LogP contribution >= 0.6 is 11.8 Å². The SMILES string of the molecule is O=C(CCSc1ccccc1)NCc1ccnc(Oc2ccc(F)cc2)c1. The number of halogens is 1. The highest BCUT2D eigenvalue weighted by Crippen LogP contribution is 2.20. The fraction of sp³-hybridized carbons (Fsp3) is 0.143. The second-order valence-electron chi connectivity index (χ2n) is 5.75. The molecular formula is C21H19FN2O2S. The molecule has 0 unspecified atom stereocenters. The maximum absolute atomic E-state index is 12.9. The lowest BCUT2D eigenvalue weighted by molar-refractivity contribution is -0.120. The van der Waals surface area contributed by atoms with Crippen molar-refractivity contribution < 1.29 is 13.9 Å². The van der Waals surface area contributed by atoms with Crippen LogP contribution in [0.1, 0.15) is 12.0 Å². The van der Waals surface area contributed by atoms with Crippen LogP contribution < -0.4 is 10.1 Å². The van der Waals surface area contributed by atoms with E-state index < -0.39 is 0 Å². The zero-order valence-electron chi connectivity index (χ0n) is 14.6. The number of aromatic nitrogens is 1. The first-order valence-corrected chi connectivity index (χ1v) is 9.50. The third-order valence-electron chi connectivity index (χ3n) is 3.67. The van der Waals surface area contributed by atoms with Gasteiger partial charge in [0.15, 0.2) is 0 Å². The summed E-state index contributed by atoms with van der Waals surface area (Å²) in [5.74, 6) is 1.30. The van der Waals surface area contributed by atoms with E-state index in [0.717, 1.165) is 16.2 Å². The molecule has 0 aliphatic carbocycles. The third kappa shape index (κ3) is 6.42. The second-order valence-corrected chi connectivity index (χ2v) is 6.91. The Morgan fingerprint density at radius 1 is 1.07 bits per heavy atom. The van der Waals surface area contributed by atoms with Crippen LogP contribution in [0.25, 0.3) is 0 Å². The zero-order chi connectivity index (χ0) is 18.9. The molecule has 138 valence electrons. The van der Waals surface area contributed by atoms with Crippen molar-refractivity contribution in [2.75, 3.05) is 5.75 Å². The summed E-state index contributed by atoms with van der Waals surface area (Å²) in [5, 5.41) is 2.90. The third-order valence-corrected chi connectivity index (χ3v) is 4.68. The predicted octanol–water partition coefficient (Wildman–Crippen LogP) is 4.81. The van der Waals surface area contributed by atoms with Gasteiger partial charge in [0.25, 0.3) is 0 Å². The molecular weight excluding hydrogens is 363 g/mol. The molecule has 4 nitrogen and oxygen atoms in total. The zero-order valence-corrected chi connectivity index (χ0v) is 15.4. The van der Waals surface area contributed by atoms with Gasteiger partial charge in [-0.15, -0.1) is 11.8 Å². The molecule has 0 saturated carbocycles. The highest BCUT2D eigenvalue weighted by atomic mass is 32.2. The van der Waals surface area contributed by atoms with Crippen LogP contribution in [0, 0.1) is 5.82 Å². The maximum atomic E-state index is 12.9. The highest BCUT2D eigenvalue weighted by Gasteiger charge is 2.05. The minimum atomic E-state index is -0.322. The van der Waals surface area contributed by atoms with Crippen molar-refractivity contribution in [1.82, 2.24) is 10.3 Å². The number of thioether (sulfide) groups is 1. The number of pyridine rings is 1. The lowest BCUT2D eigenvalue weighted by atomic mass is 10.2. The molecule has 1 amide bonds. The molecule has 0 bridgehead atoms. The molecule has 0 saturated heterocycles. The molecule has 27 heavy (non-hydrogen) atoms. The van der Waals surface area contributed by atoms with Crippen LogP contribution in [0.2, 0.25) is 0 Å². The summed E-state index contributed by atoms with van der Waals surface area (Å²) >= 11 is 1.66. The molecule has 6 heteroatoms. The number of nitrogens with zero attached hydrogens (tertiary/aromatic N) is 1. The summed E-state index contributed by atoms with van der Waals surface area (Å²) in [7, 11) is 0. The molecule has 3 rings (SSSR count). The van der Waals surface area contributed by atoms with Crippen molar-refractivity contribution in [3.05, 3.63) is 84.3 Å². The molecule has 0 radical (unpaired) electrons. The normalized spacial score (nSPS) is 10.4. The van der Waals surface area contributed by atoms with E-state index in [-0.39, 0.29) is 11.7 Å². The molecule has 0 atom stereocenters. The summed E-state index contributed by atoms with van der Waals surface area (Å²) in [6, 6.07) is 19.3. The van der Waals surface area contributed by atoms with Crippen molar-refractivity contribution >= 4 is 17.7 Å². The largest absolute Gasteiger partial charge is 0.439 e. The highest BCUT2D eigenvalue weighted by molar-refractivity contribution is 7.99. The monoisotopic (exact) mass is 382 g/mol. The van der Waals surface area contributed by atoms with Crippen LogP contribution in [0.3, 0.4) is 0 Å². The minimum absolute atomic E-state index is 0.00348. The topological polar surface area (TPSA) is 51.2 Å². The van der Waals surface area contributed by atoms with Crippen LogP contribution in [-0.4, -0.2) is 16.6 Å². The first-order valence-electron chi connectivity index (χ1n) is 8.52. The quantitative estimate of drug-likeness (QED) is 0.568. The van der Waals surface area contributed by atoms with Gasteiger partial charge in [0.2, 0.25) is 11.8 Å². The van der Waals surface area contributed by atoms with E-state index in [4.69, 9.17) is 4.74 Å². The maximum Gasteiger partial charge on any atom is 0.221 e. The van der Waals surface area contributed by atoms with Gasteiger partial charge in [0.05, 0.1) is 0 Å². The number of carbonyl (C=O) groups is 1. The van der Waals surface area contributed by atoms with E-state index in [1.54, 1.807) is 24.0 Å². The van der Waals surface area contributed by atoms with E-state index in [1.807, 2.05) is 36.4 Å². The Labute approximate surface area is 161 Å². The Hall–Kier alpha value is -2.86. The standard InChI is InChI=1S/C21H19FN2O2S/c22-17-6-8-18(9-7-17)26-21-14-16(10-12-23-21)15-24-20(25)11-13-27-19-4-2-1-3-5-19/h1-10,12,14H,11,13,15H2,(H,24,25). The van der Waals surface area contributed by atoms with Gasteiger partial charge < -0.3 is 10.1 Å². The number of amides is 1. The molecule has 1 aromatic heterocycles. The fourth-order valence-corrected chi connectivity index (χ4v) is 3.18. The lowest BCUT2D eigenvalue weighted by Crippen LogP contribution is -2.23. The second kappa shape index (κ2) is 9.73. The van der Waals surface area contributed by atoms with Gasteiger partial charge >= 0.3 is 0 Å². The van der Waals surface area contributed by atoms with Gasteiger partial charge in [-0.05, 0) is 48.0 Å². The van der Waals surface area contributed by atoms with Crippen molar-refractivity contribution in [1.29, 1.82) is 0 Å². The Balaban J connectivity index is 1.45. The van der Waals surface area contributed by atoms with E-state index >= 15 is 0 Å². The summed E-state index contributed by atoms with van der Waals surface area (Å²) in [4.78, 5) is 17.3. The lowest BCUT2D eigenvalue weighted by Gasteiger charge is -2.08. The first kappa shape index (κ1) is 18.9. The molecule has 2 aromatic carbocycles. The predicted molar refractivity (Wildman–Crippen MR) is 104 cm³/mol.